The van der Waals surface area contributed by atoms with E-state index in [0.717, 1.165) is 11.3 Å². The number of hydrogen-bond acceptors (Lipinski definition) is 4. The molecule has 26 heavy (non-hydrogen) atoms. The zero-order valence-electron chi connectivity index (χ0n) is 14.9. The maximum atomic E-state index is 12.3. The molecule has 1 heterocycles. The van der Waals surface area contributed by atoms with E-state index in [1.54, 1.807) is 24.3 Å². The summed E-state index contributed by atoms with van der Waals surface area (Å²) in [6, 6.07) is 12.7. The van der Waals surface area contributed by atoms with E-state index in [4.69, 9.17) is 9.47 Å². The molecule has 2 amide bonds. The van der Waals surface area contributed by atoms with Crippen LogP contribution in [0.5, 0.6) is 11.5 Å². The van der Waals surface area contributed by atoms with Crippen LogP contribution in [0.3, 0.4) is 0 Å². The molecule has 6 nitrogen and oxygen atoms in total. The third kappa shape index (κ3) is 4.33. The summed E-state index contributed by atoms with van der Waals surface area (Å²) in [7, 11) is 0. The zero-order chi connectivity index (χ0) is 18.5. The highest BCUT2D eigenvalue weighted by Crippen LogP contribution is 2.32. The van der Waals surface area contributed by atoms with Crippen LogP contribution in [-0.4, -0.2) is 24.6 Å². The predicted molar refractivity (Wildman–Crippen MR) is 98.6 cm³/mol. The molecule has 2 aromatic carbocycles. The largest absolute Gasteiger partial charge is 0.454 e. The molecule has 0 unspecified atom stereocenters. The summed E-state index contributed by atoms with van der Waals surface area (Å²) in [6.07, 6.45) is 0.878. The van der Waals surface area contributed by atoms with Gasteiger partial charge in [-0.1, -0.05) is 18.2 Å². The first kappa shape index (κ1) is 17.8. The highest BCUT2D eigenvalue weighted by atomic mass is 16.7. The molecule has 0 atom stereocenters. The number of aryl methyl sites for hydroxylation is 1. The Morgan fingerprint density at radius 1 is 1.08 bits per heavy atom. The highest BCUT2D eigenvalue weighted by Gasteiger charge is 2.15. The Labute approximate surface area is 152 Å². The van der Waals surface area contributed by atoms with Gasteiger partial charge in [0.1, 0.15) is 0 Å². The number of carbonyl (C=O) groups is 2. The second-order valence-electron chi connectivity index (χ2n) is 6.41. The van der Waals surface area contributed by atoms with Gasteiger partial charge >= 0.3 is 0 Å². The number of ether oxygens (including phenoxy) is 2. The standard InChI is InChI=1S/C20H22N2O4/c1-13(2)21-20(24)15-5-3-4-6-16(15)22-19(23)10-8-14-7-9-17-18(11-14)26-12-25-17/h3-7,9,11,13H,8,10,12H2,1-2H3,(H,21,24)(H,22,23). The molecule has 1 aliphatic heterocycles. The third-order valence-corrected chi connectivity index (χ3v) is 3.94. The summed E-state index contributed by atoms with van der Waals surface area (Å²) in [5.41, 5.74) is 1.97. The molecule has 0 aliphatic carbocycles. The van der Waals surface area contributed by atoms with Gasteiger partial charge in [-0.2, -0.15) is 0 Å². The SMILES string of the molecule is CC(C)NC(=O)c1ccccc1NC(=O)CCc1ccc2c(c1)OCO2. The van der Waals surface area contributed by atoms with Crippen molar-refractivity contribution in [2.24, 2.45) is 0 Å². The number of amides is 2. The summed E-state index contributed by atoms with van der Waals surface area (Å²) in [5.74, 6) is 1.08. The Morgan fingerprint density at radius 2 is 1.85 bits per heavy atom. The van der Waals surface area contributed by atoms with Crippen LogP contribution in [0.25, 0.3) is 0 Å². The smallest absolute Gasteiger partial charge is 0.253 e. The van der Waals surface area contributed by atoms with E-state index in [-0.39, 0.29) is 24.6 Å². The fraction of sp³-hybridized carbons (Fsp3) is 0.300. The van der Waals surface area contributed by atoms with Gasteiger partial charge in [0.05, 0.1) is 11.3 Å². The van der Waals surface area contributed by atoms with Crippen LogP contribution in [-0.2, 0) is 11.2 Å². The van der Waals surface area contributed by atoms with Crippen molar-refractivity contribution in [2.45, 2.75) is 32.7 Å². The molecule has 2 N–H and O–H groups in total. The molecule has 2 aromatic rings. The van der Waals surface area contributed by atoms with Gasteiger partial charge in [0.15, 0.2) is 11.5 Å². The topological polar surface area (TPSA) is 76.7 Å². The number of fused-ring (bicyclic) bond motifs is 1. The van der Waals surface area contributed by atoms with Gasteiger partial charge in [-0.25, -0.2) is 0 Å². The van der Waals surface area contributed by atoms with Gasteiger partial charge in [-0.15, -0.1) is 0 Å². The first-order valence-electron chi connectivity index (χ1n) is 8.61. The van der Waals surface area contributed by atoms with E-state index in [9.17, 15) is 9.59 Å². The van der Waals surface area contributed by atoms with Crippen LogP contribution in [0, 0.1) is 0 Å². The first-order valence-corrected chi connectivity index (χ1v) is 8.61. The van der Waals surface area contributed by atoms with Crippen LogP contribution < -0.4 is 20.1 Å². The van der Waals surface area contributed by atoms with Gasteiger partial charge in [-0.05, 0) is 50.1 Å². The van der Waals surface area contributed by atoms with E-state index in [2.05, 4.69) is 10.6 Å². The second-order valence-corrected chi connectivity index (χ2v) is 6.41. The fourth-order valence-corrected chi connectivity index (χ4v) is 2.70. The summed E-state index contributed by atoms with van der Waals surface area (Å²) >= 11 is 0. The fourth-order valence-electron chi connectivity index (χ4n) is 2.70. The first-order chi connectivity index (χ1) is 12.5. The summed E-state index contributed by atoms with van der Waals surface area (Å²) in [6.45, 7) is 4.02. The van der Waals surface area contributed by atoms with Crippen LogP contribution in [0.1, 0.15) is 36.2 Å². The van der Waals surface area contributed by atoms with Crippen LogP contribution in [0.2, 0.25) is 0 Å². The number of rotatable bonds is 6. The Balaban J connectivity index is 1.61. The van der Waals surface area contributed by atoms with Crippen molar-refractivity contribution in [1.29, 1.82) is 0 Å². The average Bonchev–Trinajstić information content (AvgIpc) is 3.07. The summed E-state index contributed by atoms with van der Waals surface area (Å²) < 4.78 is 10.6. The van der Waals surface area contributed by atoms with Crippen LogP contribution in [0.4, 0.5) is 5.69 Å². The molecular weight excluding hydrogens is 332 g/mol. The maximum Gasteiger partial charge on any atom is 0.253 e. The van der Waals surface area contributed by atoms with Crippen molar-refractivity contribution < 1.29 is 19.1 Å². The van der Waals surface area contributed by atoms with Crippen molar-refractivity contribution in [1.82, 2.24) is 5.32 Å². The lowest BCUT2D eigenvalue weighted by Crippen LogP contribution is -2.31. The Bertz CT molecular complexity index is 817. The number of nitrogens with one attached hydrogen (secondary N) is 2. The van der Waals surface area contributed by atoms with E-state index in [0.29, 0.717) is 29.8 Å². The van der Waals surface area contributed by atoms with Gasteiger partial charge in [-0.3, -0.25) is 9.59 Å². The molecule has 0 spiro atoms. The molecule has 3 rings (SSSR count). The number of anilines is 1. The van der Waals surface area contributed by atoms with Gasteiger partial charge in [0.2, 0.25) is 12.7 Å². The Morgan fingerprint density at radius 3 is 2.65 bits per heavy atom. The van der Waals surface area contributed by atoms with Crippen molar-refractivity contribution in [3.05, 3.63) is 53.6 Å². The lowest BCUT2D eigenvalue weighted by molar-refractivity contribution is -0.116. The average molecular weight is 354 g/mol. The van der Waals surface area contributed by atoms with Gasteiger partial charge in [0.25, 0.3) is 5.91 Å². The molecule has 0 saturated carbocycles. The zero-order valence-corrected chi connectivity index (χ0v) is 14.9. The number of para-hydroxylation sites is 1. The second kappa shape index (κ2) is 7.91. The minimum atomic E-state index is -0.202. The predicted octanol–water partition coefficient (Wildman–Crippen LogP) is 3.12. The van der Waals surface area contributed by atoms with E-state index in [1.165, 1.54) is 0 Å². The Hall–Kier alpha value is -3.02. The van der Waals surface area contributed by atoms with Crippen LogP contribution in [0.15, 0.2) is 42.5 Å². The molecule has 0 fully saturated rings. The molecule has 136 valence electrons. The van der Waals surface area contributed by atoms with Gasteiger partial charge < -0.3 is 20.1 Å². The normalized spacial score (nSPS) is 12.1. The summed E-state index contributed by atoms with van der Waals surface area (Å²) in [4.78, 5) is 24.6. The molecule has 0 saturated heterocycles. The monoisotopic (exact) mass is 354 g/mol. The minimum Gasteiger partial charge on any atom is -0.454 e. The van der Waals surface area contributed by atoms with E-state index < -0.39 is 0 Å². The maximum absolute atomic E-state index is 12.3. The lowest BCUT2D eigenvalue weighted by atomic mass is 10.1. The number of hydrogen-bond donors (Lipinski definition) is 2. The Kier molecular flexibility index (Phi) is 5.41. The van der Waals surface area contributed by atoms with Crippen molar-refractivity contribution in [3.8, 4) is 11.5 Å². The van der Waals surface area contributed by atoms with E-state index >= 15 is 0 Å². The quantitative estimate of drug-likeness (QED) is 0.836. The number of benzene rings is 2. The number of carbonyl (C=O) groups excluding carboxylic acids is 2. The summed E-state index contributed by atoms with van der Waals surface area (Å²) in [5, 5.41) is 5.67. The lowest BCUT2D eigenvalue weighted by Gasteiger charge is -2.13. The molecule has 0 bridgehead atoms. The molecule has 6 heteroatoms. The third-order valence-electron chi connectivity index (χ3n) is 3.94. The highest BCUT2D eigenvalue weighted by molar-refractivity contribution is 6.03. The molecular formula is C20H22N2O4. The van der Waals surface area contributed by atoms with Crippen molar-refractivity contribution >= 4 is 17.5 Å². The van der Waals surface area contributed by atoms with Crippen molar-refractivity contribution in [3.63, 3.8) is 0 Å². The molecule has 0 radical (unpaired) electrons. The van der Waals surface area contributed by atoms with E-state index in [1.807, 2.05) is 32.0 Å². The van der Waals surface area contributed by atoms with Crippen LogP contribution >= 0.6 is 0 Å². The molecule has 1 aliphatic rings. The molecule has 0 aromatic heterocycles. The van der Waals surface area contributed by atoms with Crippen molar-refractivity contribution in [2.75, 3.05) is 12.1 Å². The van der Waals surface area contributed by atoms with Gasteiger partial charge in [0, 0.05) is 12.5 Å². The minimum absolute atomic E-state index is 0.0252.